The topological polar surface area (TPSA) is 105 Å². The van der Waals surface area contributed by atoms with Gasteiger partial charge in [0.1, 0.15) is 18.1 Å². The molecule has 1 aliphatic heterocycles. The lowest BCUT2D eigenvalue weighted by atomic mass is 9.71. The Morgan fingerprint density at radius 1 is 1.00 bits per heavy atom. The van der Waals surface area contributed by atoms with Gasteiger partial charge in [-0.3, -0.25) is 9.59 Å². The van der Waals surface area contributed by atoms with E-state index in [1.165, 1.54) is 4.90 Å². The molecule has 8 nitrogen and oxygen atoms in total. The third-order valence-electron chi connectivity index (χ3n) is 7.81. The molecular formula is C34H34N2O6. The van der Waals surface area contributed by atoms with Gasteiger partial charge >= 0.3 is 5.97 Å². The van der Waals surface area contributed by atoms with E-state index in [0.29, 0.717) is 34.4 Å². The van der Waals surface area contributed by atoms with Gasteiger partial charge in [-0.25, -0.2) is 4.79 Å². The maximum atomic E-state index is 13.9. The maximum absolute atomic E-state index is 13.9. The lowest BCUT2D eigenvalue weighted by Gasteiger charge is -2.37. The average molecular weight is 567 g/mol. The normalized spacial score (nSPS) is 18.2. The van der Waals surface area contributed by atoms with Crippen molar-refractivity contribution in [1.29, 1.82) is 0 Å². The van der Waals surface area contributed by atoms with E-state index < -0.39 is 11.9 Å². The minimum absolute atomic E-state index is 0.00542. The number of Topliss-reactive ketones (excluding diaryl/α,β-unsaturated/α-hetero) is 1. The second-order valence-electron chi connectivity index (χ2n) is 10.8. The van der Waals surface area contributed by atoms with Crippen molar-refractivity contribution >= 4 is 17.7 Å². The summed E-state index contributed by atoms with van der Waals surface area (Å²) in [6, 6.07) is 21.2. The molecule has 0 saturated heterocycles. The summed E-state index contributed by atoms with van der Waals surface area (Å²) in [5, 5.41) is 13.7. The van der Waals surface area contributed by atoms with E-state index in [4.69, 9.17) is 9.47 Å². The number of allylic oxidation sites excluding steroid dienone is 3. The molecule has 0 aromatic heterocycles. The molecular weight excluding hydrogens is 532 g/mol. The largest absolute Gasteiger partial charge is 0.508 e. The number of dihydropyridines is 1. The number of phenolic OH excluding ortho intramolecular Hbond substituents is 1. The number of carbonyl (C=O) groups is 3. The van der Waals surface area contributed by atoms with E-state index in [0.717, 1.165) is 22.6 Å². The van der Waals surface area contributed by atoms with Crippen molar-refractivity contribution in [2.75, 3.05) is 21.2 Å². The number of hydrogen-bond acceptors (Lipinski definition) is 7. The lowest BCUT2D eigenvalue weighted by molar-refractivity contribution is -0.140. The first kappa shape index (κ1) is 28.7. The van der Waals surface area contributed by atoms with Gasteiger partial charge in [0.15, 0.2) is 5.78 Å². The summed E-state index contributed by atoms with van der Waals surface area (Å²) in [6.07, 6.45) is 0.823. The number of carbonyl (C=O) groups excluding carboxylic acids is 3. The molecule has 3 aromatic carbocycles. The zero-order valence-electron chi connectivity index (χ0n) is 24.1. The molecule has 0 saturated carbocycles. The van der Waals surface area contributed by atoms with Crippen LogP contribution < -0.4 is 10.1 Å². The van der Waals surface area contributed by atoms with Crippen LogP contribution in [0.3, 0.4) is 0 Å². The number of phenols is 1. The number of esters is 1. The van der Waals surface area contributed by atoms with Gasteiger partial charge in [-0.2, -0.15) is 0 Å². The first-order valence-electron chi connectivity index (χ1n) is 13.8. The Kier molecular flexibility index (Phi) is 8.15. The first-order valence-corrected chi connectivity index (χ1v) is 13.8. The number of rotatable bonds is 7. The zero-order chi connectivity index (χ0) is 30.0. The van der Waals surface area contributed by atoms with Crippen LogP contribution in [0, 0.1) is 0 Å². The number of benzene rings is 3. The van der Waals surface area contributed by atoms with E-state index >= 15 is 0 Å². The van der Waals surface area contributed by atoms with Crippen molar-refractivity contribution in [1.82, 2.24) is 10.2 Å². The molecule has 2 N–H and O–H groups in total. The fourth-order valence-electron chi connectivity index (χ4n) is 5.80. The van der Waals surface area contributed by atoms with Crippen molar-refractivity contribution in [3.8, 4) is 11.5 Å². The second-order valence-corrected chi connectivity index (χ2v) is 10.8. The molecule has 0 spiro atoms. The summed E-state index contributed by atoms with van der Waals surface area (Å²) in [4.78, 5) is 41.2. The van der Waals surface area contributed by atoms with Crippen molar-refractivity contribution < 1.29 is 29.0 Å². The van der Waals surface area contributed by atoms with Crippen LogP contribution in [0.15, 0.2) is 95.3 Å². The quantitative estimate of drug-likeness (QED) is 0.379. The van der Waals surface area contributed by atoms with Gasteiger partial charge < -0.3 is 24.8 Å². The second kappa shape index (κ2) is 11.9. The number of hydrogen-bond donors (Lipinski definition) is 2. The number of nitrogens with zero attached hydrogens (tertiary/aromatic N) is 1. The highest BCUT2D eigenvalue weighted by atomic mass is 16.5. The molecule has 2 aliphatic rings. The summed E-state index contributed by atoms with van der Waals surface area (Å²) < 4.78 is 11.3. The molecule has 42 heavy (non-hydrogen) atoms. The van der Waals surface area contributed by atoms with Crippen molar-refractivity contribution in [3.05, 3.63) is 118 Å². The SMILES string of the molecule is COc1ccccc1[C@H]1CC(=O)C2=C(C1)NC(C)=C(C(=O)OCc1ccc(C(=O)N(C)C)cc1)[C@H]2c1cccc(O)c1. The Hall–Kier alpha value is -4.85. The molecule has 0 radical (unpaired) electrons. The number of aromatic hydroxyl groups is 1. The molecule has 8 heteroatoms. The smallest absolute Gasteiger partial charge is 0.337 e. The Morgan fingerprint density at radius 3 is 2.43 bits per heavy atom. The third-order valence-corrected chi connectivity index (χ3v) is 7.81. The van der Waals surface area contributed by atoms with Crippen molar-refractivity contribution in [2.45, 2.75) is 38.2 Å². The lowest BCUT2D eigenvalue weighted by Crippen LogP contribution is -2.36. The highest BCUT2D eigenvalue weighted by Gasteiger charge is 2.42. The molecule has 1 aliphatic carbocycles. The van der Waals surface area contributed by atoms with Crippen LogP contribution in [0.4, 0.5) is 0 Å². The van der Waals surface area contributed by atoms with Crippen LogP contribution >= 0.6 is 0 Å². The molecule has 1 amide bonds. The number of ketones is 1. The monoisotopic (exact) mass is 566 g/mol. The molecule has 0 fully saturated rings. The number of nitrogens with one attached hydrogen (secondary N) is 1. The summed E-state index contributed by atoms with van der Waals surface area (Å²) in [7, 11) is 4.99. The van der Waals surface area contributed by atoms with Gasteiger partial charge in [-0.1, -0.05) is 42.5 Å². The van der Waals surface area contributed by atoms with Crippen molar-refractivity contribution in [3.63, 3.8) is 0 Å². The predicted molar refractivity (Wildman–Crippen MR) is 158 cm³/mol. The highest BCUT2D eigenvalue weighted by Crippen LogP contribution is 2.47. The molecule has 0 unspecified atom stereocenters. The third kappa shape index (κ3) is 5.65. The summed E-state index contributed by atoms with van der Waals surface area (Å²) >= 11 is 0. The van der Waals surface area contributed by atoms with E-state index in [2.05, 4.69) is 5.32 Å². The molecule has 1 heterocycles. The number of methoxy groups -OCH3 is 1. The van der Waals surface area contributed by atoms with Gasteiger partial charge in [0, 0.05) is 54.9 Å². The summed E-state index contributed by atoms with van der Waals surface area (Å²) in [5.74, 6) is -0.771. The highest BCUT2D eigenvalue weighted by molar-refractivity contribution is 6.04. The van der Waals surface area contributed by atoms with Gasteiger partial charge in [-0.15, -0.1) is 0 Å². The minimum Gasteiger partial charge on any atom is -0.508 e. The van der Waals surface area contributed by atoms with E-state index in [1.54, 1.807) is 76.7 Å². The molecule has 0 bridgehead atoms. The molecule has 5 rings (SSSR count). The maximum Gasteiger partial charge on any atom is 0.337 e. The number of amides is 1. The number of para-hydroxylation sites is 1. The predicted octanol–water partition coefficient (Wildman–Crippen LogP) is 5.21. The molecule has 216 valence electrons. The number of ether oxygens (including phenoxy) is 2. The van der Waals surface area contributed by atoms with Crippen LogP contribution in [0.1, 0.15) is 58.6 Å². The van der Waals surface area contributed by atoms with Crippen LogP contribution in [0.5, 0.6) is 11.5 Å². The Labute approximate surface area is 245 Å². The van der Waals surface area contributed by atoms with E-state index in [1.807, 2.05) is 24.3 Å². The van der Waals surface area contributed by atoms with E-state index in [9.17, 15) is 19.5 Å². The van der Waals surface area contributed by atoms with Crippen molar-refractivity contribution in [2.24, 2.45) is 0 Å². The van der Waals surface area contributed by atoms with Gasteiger partial charge in [-0.05, 0) is 60.4 Å². The summed E-state index contributed by atoms with van der Waals surface area (Å²) in [5.41, 5.74) is 5.03. The Morgan fingerprint density at radius 2 is 1.74 bits per heavy atom. The molecule has 2 atom stereocenters. The standard InChI is InChI=1S/C34H34N2O6/c1-20-30(34(40)42-19-21-12-14-22(15-13-21)33(39)36(2)3)31(23-8-7-9-25(37)16-23)32-27(35-20)17-24(18-28(32)38)26-10-5-6-11-29(26)41-4/h5-16,24,31,35,37H,17-19H2,1-4H3/t24-,31-/m1/s1. The van der Waals surface area contributed by atoms with Crippen LogP contribution in [0.25, 0.3) is 0 Å². The zero-order valence-corrected chi connectivity index (χ0v) is 24.1. The Balaban J connectivity index is 1.45. The van der Waals surface area contributed by atoms with Gasteiger partial charge in [0.25, 0.3) is 5.91 Å². The van der Waals surface area contributed by atoms with Gasteiger partial charge in [0.2, 0.25) is 0 Å². The van der Waals surface area contributed by atoms with Crippen LogP contribution in [-0.2, 0) is 20.9 Å². The average Bonchev–Trinajstić information content (AvgIpc) is 2.98. The van der Waals surface area contributed by atoms with Crippen LogP contribution in [0.2, 0.25) is 0 Å². The summed E-state index contributed by atoms with van der Waals surface area (Å²) in [6.45, 7) is 1.80. The van der Waals surface area contributed by atoms with Crippen LogP contribution in [-0.4, -0.2) is 48.9 Å². The van der Waals surface area contributed by atoms with Gasteiger partial charge in [0.05, 0.1) is 12.7 Å². The first-order chi connectivity index (χ1) is 20.2. The fourth-order valence-corrected chi connectivity index (χ4v) is 5.80. The minimum atomic E-state index is -0.702. The Bertz CT molecular complexity index is 1600. The molecule has 3 aromatic rings. The fraction of sp³-hybridized carbons (Fsp3) is 0.265. The van der Waals surface area contributed by atoms with E-state index in [-0.39, 0.29) is 36.4 Å².